The largest absolute Gasteiger partial charge is 0.381 e. The summed E-state index contributed by atoms with van der Waals surface area (Å²) in [5.74, 6) is 0.446. The highest BCUT2D eigenvalue weighted by Gasteiger charge is 2.00. The molecule has 1 heterocycles. The van der Waals surface area contributed by atoms with Crippen LogP contribution in [0.1, 0.15) is 11.1 Å². The van der Waals surface area contributed by atoms with Gasteiger partial charge in [-0.2, -0.15) is 0 Å². The number of aryl methyl sites for hydroxylation is 1. The van der Waals surface area contributed by atoms with Gasteiger partial charge in [-0.3, -0.25) is 0 Å². The Balaban J connectivity index is 2.21. The van der Waals surface area contributed by atoms with Crippen LogP contribution < -0.4 is 5.73 Å². The number of nitrogens with two attached hydrogens (primary N) is 1. The normalized spacial score (nSPS) is 10.5. The second-order valence-electron chi connectivity index (χ2n) is 3.42. The first kappa shape index (κ1) is 10.2. The zero-order valence-corrected chi connectivity index (χ0v) is 9.90. The molecule has 0 aliphatic carbocycles. The molecule has 0 radical (unpaired) electrons. The van der Waals surface area contributed by atoms with Gasteiger partial charge in [0.25, 0.3) is 0 Å². The van der Waals surface area contributed by atoms with Crippen LogP contribution in [0.3, 0.4) is 0 Å². The maximum absolute atomic E-state index is 5.48. The van der Waals surface area contributed by atoms with Gasteiger partial charge in [-0.1, -0.05) is 33.3 Å². The molecule has 2 aromatic rings. The fourth-order valence-electron chi connectivity index (χ4n) is 1.31. The molecule has 0 amide bonds. The third-order valence-corrected chi connectivity index (χ3v) is 2.99. The van der Waals surface area contributed by atoms with E-state index in [2.05, 4.69) is 51.4 Å². The average molecular weight is 267 g/mol. The molecule has 0 saturated carbocycles. The van der Waals surface area contributed by atoms with Crippen LogP contribution in [0.2, 0.25) is 0 Å². The van der Waals surface area contributed by atoms with Crippen molar-refractivity contribution in [3.05, 3.63) is 40.0 Å². The van der Waals surface area contributed by atoms with E-state index in [-0.39, 0.29) is 0 Å². The fraction of sp³-hybridized carbons (Fsp3) is 0.200. The first-order valence-corrected chi connectivity index (χ1v) is 5.35. The van der Waals surface area contributed by atoms with Crippen LogP contribution in [-0.4, -0.2) is 15.0 Å². The molecular weight excluding hydrogens is 256 g/mol. The van der Waals surface area contributed by atoms with Crippen LogP contribution in [0.4, 0.5) is 5.82 Å². The van der Waals surface area contributed by atoms with E-state index in [0.29, 0.717) is 12.4 Å². The Morgan fingerprint density at radius 3 is 2.87 bits per heavy atom. The van der Waals surface area contributed by atoms with E-state index in [0.717, 1.165) is 10.0 Å². The lowest BCUT2D eigenvalue weighted by Gasteiger charge is -2.03. The minimum Gasteiger partial charge on any atom is -0.381 e. The lowest BCUT2D eigenvalue weighted by Crippen LogP contribution is -2.00. The van der Waals surface area contributed by atoms with Gasteiger partial charge in [-0.05, 0) is 24.1 Å². The van der Waals surface area contributed by atoms with Crippen LogP contribution in [0.5, 0.6) is 0 Å². The van der Waals surface area contributed by atoms with Gasteiger partial charge < -0.3 is 5.73 Å². The molecule has 0 aliphatic rings. The number of anilines is 1. The van der Waals surface area contributed by atoms with E-state index >= 15 is 0 Å². The first-order valence-electron chi connectivity index (χ1n) is 4.56. The second-order valence-corrected chi connectivity index (χ2v) is 4.28. The Hall–Kier alpha value is -1.36. The predicted molar refractivity (Wildman–Crippen MR) is 62.4 cm³/mol. The summed E-state index contributed by atoms with van der Waals surface area (Å²) in [6.45, 7) is 2.74. The molecule has 4 nitrogen and oxygen atoms in total. The van der Waals surface area contributed by atoms with Gasteiger partial charge in [0.15, 0.2) is 5.82 Å². The number of benzene rings is 1. The maximum Gasteiger partial charge on any atom is 0.165 e. The van der Waals surface area contributed by atoms with Gasteiger partial charge in [0.05, 0.1) is 12.7 Å². The van der Waals surface area contributed by atoms with Gasteiger partial charge >= 0.3 is 0 Å². The Morgan fingerprint density at radius 1 is 1.47 bits per heavy atom. The molecule has 1 aromatic carbocycles. The van der Waals surface area contributed by atoms with Gasteiger partial charge in [0.1, 0.15) is 0 Å². The molecule has 0 fully saturated rings. The van der Waals surface area contributed by atoms with E-state index in [1.165, 1.54) is 5.56 Å². The van der Waals surface area contributed by atoms with Crippen molar-refractivity contribution in [3.8, 4) is 0 Å². The molecule has 1 aromatic heterocycles. The molecule has 2 rings (SSSR count). The second kappa shape index (κ2) is 4.02. The topological polar surface area (TPSA) is 56.7 Å². The summed E-state index contributed by atoms with van der Waals surface area (Å²) in [6.07, 6.45) is 1.72. The standard InChI is InChI=1S/C10H11BrN4/c1-7-2-3-8(4-9(7)11)5-15-6-10(12)13-14-15/h2-4,6H,5,12H2,1H3. The molecule has 2 N–H and O–H groups in total. The SMILES string of the molecule is Cc1ccc(Cn2cc(N)nn2)cc1Br. The quantitative estimate of drug-likeness (QED) is 0.905. The summed E-state index contributed by atoms with van der Waals surface area (Å²) in [5.41, 5.74) is 7.87. The molecule has 0 aliphatic heterocycles. The van der Waals surface area contributed by atoms with Crippen molar-refractivity contribution in [2.45, 2.75) is 13.5 Å². The number of rotatable bonds is 2. The lowest BCUT2D eigenvalue weighted by atomic mass is 10.1. The number of hydrogen-bond acceptors (Lipinski definition) is 3. The van der Waals surface area contributed by atoms with E-state index in [1.807, 2.05) is 0 Å². The zero-order chi connectivity index (χ0) is 10.8. The number of hydrogen-bond donors (Lipinski definition) is 1. The first-order chi connectivity index (χ1) is 7.15. The van der Waals surface area contributed by atoms with Crippen LogP contribution >= 0.6 is 15.9 Å². The van der Waals surface area contributed by atoms with Crippen molar-refractivity contribution < 1.29 is 0 Å². The minimum atomic E-state index is 0.446. The molecule has 78 valence electrons. The van der Waals surface area contributed by atoms with Crippen molar-refractivity contribution in [2.24, 2.45) is 0 Å². The maximum atomic E-state index is 5.48. The molecule has 5 heteroatoms. The van der Waals surface area contributed by atoms with Crippen LogP contribution in [0, 0.1) is 6.92 Å². The van der Waals surface area contributed by atoms with Gasteiger partial charge in [0.2, 0.25) is 0 Å². The third kappa shape index (κ3) is 2.36. The van der Waals surface area contributed by atoms with Crippen molar-refractivity contribution in [1.29, 1.82) is 0 Å². The molecular formula is C10H11BrN4. The summed E-state index contributed by atoms with van der Waals surface area (Å²) in [4.78, 5) is 0. The zero-order valence-electron chi connectivity index (χ0n) is 8.31. The van der Waals surface area contributed by atoms with E-state index in [1.54, 1.807) is 10.9 Å². The van der Waals surface area contributed by atoms with E-state index < -0.39 is 0 Å². The highest BCUT2D eigenvalue weighted by atomic mass is 79.9. The summed E-state index contributed by atoms with van der Waals surface area (Å²) >= 11 is 3.49. The summed E-state index contributed by atoms with van der Waals surface area (Å²) in [6, 6.07) is 6.21. The predicted octanol–water partition coefficient (Wildman–Crippen LogP) is 1.98. The summed E-state index contributed by atoms with van der Waals surface area (Å²) in [5, 5.41) is 7.62. The lowest BCUT2D eigenvalue weighted by molar-refractivity contribution is 0.649. The molecule has 15 heavy (non-hydrogen) atoms. The van der Waals surface area contributed by atoms with Gasteiger partial charge in [0, 0.05) is 4.47 Å². The van der Waals surface area contributed by atoms with Crippen molar-refractivity contribution in [1.82, 2.24) is 15.0 Å². The smallest absolute Gasteiger partial charge is 0.165 e. The monoisotopic (exact) mass is 266 g/mol. The summed E-state index contributed by atoms with van der Waals surface area (Å²) < 4.78 is 2.82. The molecule has 0 saturated heterocycles. The highest BCUT2D eigenvalue weighted by molar-refractivity contribution is 9.10. The fourth-order valence-corrected chi connectivity index (χ4v) is 1.74. The van der Waals surface area contributed by atoms with Gasteiger partial charge in [-0.25, -0.2) is 4.68 Å². The van der Waals surface area contributed by atoms with Gasteiger partial charge in [-0.15, -0.1) is 5.10 Å². The Labute approximate surface area is 96.2 Å². The number of nitrogen functional groups attached to an aromatic ring is 1. The Kier molecular flexibility index (Phi) is 2.73. The van der Waals surface area contributed by atoms with Crippen LogP contribution in [0.15, 0.2) is 28.9 Å². The molecule has 0 unspecified atom stereocenters. The van der Waals surface area contributed by atoms with Crippen LogP contribution in [-0.2, 0) is 6.54 Å². The van der Waals surface area contributed by atoms with Crippen molar-refractivity contribution >= 4 is 21.7 Å². The van der Waals surface area contributed by atoms with E-state index in [9.17, 15) is 0 Å². The number of nitrogens with zero attached hydrogens (tertiary/aromatic N) is 3. The van der Waals surface area contributed by atoms with Crippen molar-refractivity contribution in [3.63, 3.8) is 0 Å². The van der Waals surface area contributed by atoms with Crippen LogP contribution in [0.25, 0.3) is 0 Å². The minimum absolute atomic E-state index is 0.446. The summed E-state index contributed by atoms with van der Waals surface area (Å²) in [7, 11) is 0. The molecule has 0 bridgehead atoms. The Bertz CT molecular complexity index is 478. The molecule has 0 spiro atoms. The number of halogens is 1. The number of aromatic nitrogens is 3. The van der Waals surface area contributed by atoms with Crippen molar-refractivity contribution in [2.75, 3.05) is 5.73 Å². The Morgan fingerprint density at radius 2 is 2.27 bits per heavy atom. The highest BCUT2D eigenvalue weighted by Crippen LogP contribution is 2.17. The third-order valence-electron chi connectivity index (χ3n) is 2.14. The van der Waals surface area contributed by atoms with E-state index in [4.69, 9.17) is 5.73 Å². The average Bonchev–Trinajstić information content (AvgIpc) is 2.58. The molecule has 0 atom stereocenters.